The summed E-state index contributed by atoms with van der Waals surface area (Å²) in [7, 11) is 4.35. The van der Waals surface area contributed by atoms with Crippen LogP contribution in [0.2, 0.25) is 0 Å². The molecule has 0 unspecified atom stereocenters. The quantitative estimate of drug-likeness (QED) is 0.742. The lowest BCUT2D eigenvalue weighted by molar-refractivity contribution is 0.211. The van der Waals surface area contributed by atoms with Gasteiger partial charge in [0, 0.05) is 6.54 Å². The second kappa shape index (κ2) is 7.28. The van der Waals surface area contributed by atoms with E-state index in [4.69, 9.17) is 0 Å². The predicted octanol–water partition coefficient (Wildman–Crippen LogP) is 4.43. The largest absolute Gasteiger partial charge is 0.309 e. The van der Waals surface area contributed by atoms with Crippen LogP contribution in [0.25, 0.3) is 0 Å². The Kier molecular flexibility index (Phi) is 6.29. The molecule has 1 aliphatic carbocycles. The average molecular weight is 294 g/mol. The Morgan fingerprint density at radius 3 is 2.40 bits per heavy atom. The van der Waals surface area contributed by atoms with Crippen LogP contribution in [-0.2, 0) is 6.42 Å². The lowest BCUT2D eigenvalue weighted by Crippen LogP contribution is -2.33. The van der Waals surface area contributed by atoms with Crippen LogP contribution in [0.1, 0.15) is 25.8 Å². The third kappa shape index (κ3) is 4.96. The molecule has 0 radical (unpaired) electrons. The zero-order valence-corrected chi connectivity index (χ0v) is 14.0. The molecule has 2 rings (SSSR count). The molecule has 0 aromatic heterocycles. The van der Waals surface area contributed by atoms with E-state index in [-0.39, 0.29) is 12.4 Å². The highest BCUT2D eigenvalue weighted by atomic mass is 35.5. The molecular formula is C18H28ClN. The van der Waals surface area contributed by atoms with E-state index in [1.54, 1.807) is 0 Å². The molecule has 20 heavy (non-hydrogen) atoms. The first-order chi connectivity index (χ1) is 8.96. The Hall–Kier alpha value is -0.790. The van der Waals surface area contributed by atoms with Crippen molar-refractivity contribution in [3.63, 3.8) is 0 Å². The molecule has 0 saturated heterocycles. The van der Waals surface area contributed by atoms with E-state index in [9.17, 15) is 0 Å². The Bertz CT molecular complexity index is 422. The maximum atomic E-state index is 2.46. The van der Waals surface area contributed by atoms with Crippen LogP contribution in [0, 0.1) is 17.3 Å². The van der Waals surface area contributed by atoms with Gasteiger partial charge in [-0.3, -0.25) is 0 Å². The van der Waals surface area contributed by atoms with Crippen LogP contribution >= 0.6 is 12.4 Å². The van der Waals surface area contributed by atoms with Gasteiger partial charge in [-0.05, 0) is 49.8 Å². The van der Waals surface area contributed by atoms with Crippen molar-refractivity contribution in [2.24, 2.45) is 17.3 Å². The summed E-state index contributed by atoms with van der Waals surface area (Å²) >= 11 is 0. The monoisotopic (exact) mass is 293 g/mol. The van der Waals surface area contributed by atoms with Crippen LogP contribution in [0.3, 0.4) is 0 Å². The molecule has 0 heterocycles. The molecule has 1 aromatic carbocycles. The molecule has 0 bridgehead atoms. The zero-order chi connectivity index (χ0) is 13.9. The van der Waals surface area contributed by atoms with Gasteiger partial charge >= 0.3 is 0 Å². The Morgan fingerprint density at radius 1 is 1.15 bits per heavy atom. The minimum atomic E-state index is 0. The highest BCUT2D eigenvalue weighted by Gasteiger charge is 2.30. The molecule has 0 N–H and O–H groups in total. The molecule has 1 nitrogen and oxygen atoms in total. The molecule has 1 aliphatic rings. The van der Waals surface area contributed by atoms with Crippen molar-refractivity contribution in [2.75, 3.05) is 20.6 Å². The molecule has 2 atom stereocenters. The number of nitrogens with zero attached hydrogens (tertiary/aromatic N) is 1. The van der Waals surface area contributed by atoms with E-state index in [0.717, 1.165) is 12.5 Å². The molecule has 0 aliphatic heterocycles. The Balaban J connectivity index is 0.00000200. The van der Waals surface area contributed by atoms with Crippen molar-refractivity contribution >= 4 is 12.4 Å². The van der Waals surface area contributed by atoms with E-state index in [1.807, 2.05) is 0 Å². The highest BCUT2D eigenvalue weighted by Crippen LogP contribution is 2.38. The van der Waals surface area contributed by atoms with Gasteiger partial charge in [-0.25, -0.2) is 0 Å². The maximum Gasteiger partial charge on any atom is 0.00410 e. The summed E-state index contributed by atoms with van der Waals surface area (Å²) in [5, 5.41) is 0. The fourth-order valence-corrected chi connectivity index (χ4v) is 3.21. The smallest absolute Gasteiger partial charge is 0.00410 e. The van der Waals surface area contributed by atoms with E-state index < -0.39 is 0 Å². The van der Waals surface area contributed by atoms with E-state index >= 15 is 0 Å². The van der Waals surface area contributed by atoms with Crippen molar-refractivity contribution in [1.29, 1.82) is 0 Å². The first-order valence-corrected chi connectivity index (χ1v) is 7.34. The van der Waals surface area contributed by atoms with E-state index in [0.29, 0.717) is 11.3 Å². The maximum absolute atomic E-state index is 2.46. The predicted molar refractivity (Wildman–Crippen MR) is 90.5 cm³/mol. The first kappa shape index (κ1) is 17.3. The molecule has 0 spiro atoms. The molecule has 0 saturated carbocycles. The van der Waals surface area contributed by atoms with Gasteiger partial charge in [-0.15, -0.1) is 12.4 Å². The summed E-state index contributed by atoms with van der Waals surface area (Å²) in [5.41, 5.74) is 1.82. The molecule has 0 fully saturated rings. The van der Waals surface area contributed by atoms with Crippen molar-refractivity contribution < 1.29 is 0 Å². The van der Waals surface area contributed by atoms with Crippen LogP contribution in [0.15, 0.2) is 42.5 Å². The average Bonchev–Trinajstić information content (AvgIpc) is 2.33. The minimum Gasteiger partial charge on any atom is -0.309 e. The Labute approximate surface area is 130 Å². The van der Waals surface area contributed by atoms with Gasteiger partial charge < -0.3 is 4.90 Å². The molecule has 1 aromatic rings. The summed E-state index contributed by atoms with van der Waals surface area (Å²) in [6.07, 6.45) is 7.36. The summed E-state index contributed by atoms with van der Waals surface area (Å²) in [6.45, 7) is 5.87. The fraction of sp³-hybridized carbons (Fsp3) is 0.556. The number of rotatable bonds is 4. The topological polar surface area (TPSA) is 3.24 Å². The van der Waals surface area contributed by atoms with Crippen LogP contribution in [0.5, 0.6) is 0 Å². The third-order valence-corrected chi connectivity index (χ3v) is 4.11. The van der Waals surface area contributed by atoms with E-state index in [1.165, 1.54) is 18.4 Å². The van der Waals surface area contributed by atoms with Crippen LogP contribution in [-0.4, -0.2) is 25.5 Å². The second-order valence-electron chi connectivity index (χ2n) is 6.93. The number of hydrogen-bond acceptors (Lipinski definition) is 1. The third-order valence-electron chi connectivity index (χ3n) is 4.11. The summed E-state index contributed by atoms with van der Waals surface area (Å²) in [4.78, 5) is 2.31. The summed E-state index contributed by atoms with van der Waals surface area (Å²) < 4.78 is 0. The van der Waals surface area contributed by atoms with Crippen molar-refractivity contribution in [3.05, 3.63) is 48.0 Å². The number of benzene rings is 1. The molecule has 112 valence electrons. The lowest BCUT2D eigenvalue weighted by atomic mass is 9.70. The lowest BCUT2D eigenvalue weighted by Gasteiger charge is -2.37. The van der Waals surface area contributed by atoms with Crippen LogP contribution < -0.4 is 0 Å². The van der Waals surface area contributed by atoms with Gasteiger partial charge in [-0.2, -0.15) is 0 Å². The van der Waals surface area contributed by atoms with Gasteiger partial charge in [0.15, 0.2) is 0 Å². The number of allylic oxidation sites excluding steroid dienone is 1. The Morgan fingerprint density at radius 2 is 1.80 bits per heavy atom. The second-order valence-corrected chi connectivity index (χ2v) is 6.93. The SMILES string of the molecule is CN(C)C[C@@H]1C=CC(C)(C)C[C@H]1Cc1ccccc1.Cl. The molecule has 2 heteroatoms. The fourth-order valence-electron chi connectivity index (χ4n) is 3.21. The molecular weight excluding hydrogens is 266 g/mol. The van der Waals surface area contributed by atoms with Gasteiger partial charge in [0.1, 0.15) is 0 Å². The van der Waals surface area contributed by atoms with Crippen molar-refractivity contribution in [2.45, 2.75) is 26.7 Å². The number of hydrogen-bond donors (Lipinski definition) is 0. The minimum absolute atomic E-state index is 0. The van der Waals surface area contributed by atoms with Crippen LogP contribution in [0.4, 0.5) is 0 Å². The van der Waals surface area contributed by atoms with Crippen molar-refractivity contribution in [3.8, 4) is 0 Å². The van der Waals surface area contributed by atoms with Crippen molar-refractivity contribution in [1.82, 2.24) is 4.90 Å². The summed E-state index contributed by atoms with van der Waals surface area (Å²) in [5.74, 6) is 1.44. The molecule has 0 amide bonds. The summed E-state index contributed by atoms with van der Waals surface area (Å²) in [6, 6.07) is 10.9. The zero-order valence-electron chi connectivity index (χ0n) is 13.2. The van der Waals surface area contributed by atoms with Gasteiger partial charge in [0.25, 0.3) is 0 Å². The highest BCUT2D eigenvalue weighted by molar-refractivity contribution is 5.85. The van der Waals surface area contributed by atoms with Gasteiger partial charge in [0.05, 0.1) is 0 Å². The first-order valence-electron chi connectivity index (χ1n) is 7.34. The number of halogens is 1. The normalized spacial score (nSPS) is 24.4. The van der Waals surface area contributed by atoms with Gasteiger partial charge in [-0.1, -0.05) is 56.3 Å². The van der Waals surface area contributed by atoms with Gasteiger partial charge in [0.2, 0.25) is 0 Å². The van der Waals surface area contributed by atoms with E-state index in [2.05, 4.69) is 75.3 Å². The standard InChI is InChI=1S/C18H27N.ClH/c1-18(2)11-10-16(14-19(3)4)17(13-18)12-15-8-6-5-7-9-15;/h5-11,16-17H,12-14H2,1-4H3;1H/t16-,17+;/m0./s1.